The van der Waals surface area contributed by atoms with E-state index in [2.05, 4.69) is 26.8 Å². The van der Waals surface area contributed by atoms with E-state index in [9.17, 15) is 22.8 Å². The number of amides is 2. The van der Waals surface area contributed by atoms with Crippen LogP contribution in [0.1, 0.15) is 75.6 Å². The molecule has 1 aromatic heterocycles. The Hall–Kier alpha value is -4.08. The molecule has 2 saturated heterocycles. The summed E-state index contributed by atoms with van der Waals surface area (Å²) in [6.07, 6.45) is 4.61. The second-order valence-electron chi connectivity index (χ2n) is 12.4. The highest BCUT2D eigenvalue weighted by atomic mass is 19.4. The summed E-state index contributed by atoms with van der Waals surface area (Å²) in [7, 11) is 1.71. The Kier molecular flexibility index (Phi) is 8.02. The smallest absolute Gasteiger partial charge is 0.406 e. The fourth-order valence-corrected chi connectivity index (χ4v) is 7.18. The van der Waals surface area contributed by atoms with Crippen LogP contribution in [-0.2, 0) is 6.42 Å². The van der Waals surface area contributed by atoms with E-state index in [-0.39, 0.29) is 29.0 Å². The number of alkyl halides is 3. The predicted octanol–water partition coefficient (Wildman–Crippen LogP) is 6.57. The molecule has 2 fully saturated rings. The maximum Gasteiger partial charge on any atom is 0.573 e. The van der Waals surface area contributed by atoms with Crippen molar-refractivity contribution in [2.24, 2.45) is 5.41 Å². The van der Waals surface area contributed by atoms with Crippen LogP contribution in [0.2, 0.25) is 0 Å². The molecule has 3 heterocycles. The number of pyridine rings is 1. The molecular weight excluding hydrogens is 569 g/mol. The van der Waals surface area contributed by atoms with Crippen molar-refractivity contribution in [3.63, 3.8) is 0 Å². The number of benzene rings is 2. The van der Waals surface area contributed by atoms with Crippen LogP contribution in [0.25, 0.3) is 0 Å². The minimum Gasteiger partial charge on any atom is -0.406 e. The van der Waals surface area contributed by atoms with Crippen molar-refractivity contribution in [2.45, 2.75) is 57.9 Å². The van der Waals surface area contributed by atoms with Gasteiger partial charge in [-0.05, 0) is 110 Å². The van der Waals surface area contributed by atoms with Crippen LogP contribution >= 0.6 is 0 Å². The average molecular weight is 607 g/mol. The van der Waals surface area contributed by atoms with Crippen LogP contribution < -0.4 is 9.64 Å². The number of ether oxygens (including phenoxy) is 1. The Morgan fingerprint density at radius 1 is 0.955 bits per heavy atom. The molecule has 2 aromatic carbocycles. The predicted molar refractivity (Wildman–Crippen MR) is 161 cm³/mol. The maximum atomic E-state index is 13.7. The Bertz CT molecular complexity index is 1530. The first-order valence-electron chi connectivity index (χ1n) is 15.2. The summed E-state index contributed by atoms with van der Waals surface area (Å²) in [6, 6.07) is 13.5. The molecule has 7 nitrogen and oxygen atoms in total. The molecule has 1 spiro atoms. The number of aromatic nitrogens is 1. The van der Waals surface area contributed by atoms with Gasteiger partial charge < -0.3 is 19.4 Å². The lowest BCUT2D eigenvalue weighted by Crippen LogP contribution is -2.48. The van der Waals surface area contributed by atoms with Crippen LogP contribution in [0.3, 0.4) is 0 Å². The molecule has 3 aromatic rings. The van der Waals surface area contributed by atoms with Crippen LogP contribution in [0.5, 0.6) is 5.75 Å². The molecule has 0 radical (unpaired) electrons. The molecule has 1 aliphatic carbocycles. The number of carbonyl (C=O) groups is 2. The topological polar surface area (TPSA) is 66.0 Å². The summed E-state index contributed by atoms with van der Waals surface area (Å²) in [5.74, 6) is -0.623. The standard InChI is InChI=1S/C34H37F3N4O3/c1-23-21-27(44-34(35,36)37)6-7-28(23)32(43)39(2)30-8-5-24-3-4-25(22-29(24)30)31(42)41-19-13-33(14-20-41)11-17-40(18-12-33)26-9-15-38-16-10-26/h3-4,6-7,9-10,15-16,21-22,30H,5,8,11-14,17-20H2,1-2H3. The van der Waals surface area contributed by atoms with Crippen LogP contribution in [0.4, 0.5) is 18.9 Å². The molecule has 3 aliphatic rings. The van der Waals surface area contributed by atoms with E-state index in [4.69, 9.17) is 0 Å². The minimum atomic E-state index is -4.80. The van der Waals surface area contributed by atoms with Gasteiger partial charge in [-0.1, -0.05) is 6.07 Å². The van der Waals surface area contributed by atoms with E-state index >= 15 is 0 Å². The van der Waals surface area contributed by atoms with Gasteiger partial charge >= 0.3 is 6.36 Å². The van der Waals surface area contributed by atoms with E-state index in [0.29, 0.717) is 23.1 Å². The lowest BCUT2D eigenvalue weighted by molar-refractivity contribution is -0.274. The lowest BCUT2D eigenvalue weighted by Gasteiger charge is -2.47. The highest BCUT2D eigenvalue weighted by Crippen LogP contribution is 2.43. The largest absolute Gasteiger partial charge is 0.573 e. The van der Waals surface area contributed by atoms with E-state index in [1.165, 1.54) is 17.8 Å². The van der Waals surface area contributed by atoms with Crippen molar-refractivity contribution in [3.05, 3.63) is 88.7 Å². The van der Waals surface area contributed by atoms with Gasteiger partial charge in [-0.3, -0.25) is 14.6 Å². The number of rotatable bonds is 5. The van der Waals surface area contributed by atoms with Gasteiger partial charge in [-0.25, -0.2) is 0 Å². The average Bonchev–Trinajstić information content (AvgIpc) is 3.44. The number of hydrogen-bond donors (Lipinski definition) is 0. The Morgan fingerprint density at radius 2 is 1.64 bits per heavy atom. The molecule has 2 amide bonds. The quantitative estimate of drug-likeness (QED) is 0.329. The monoisotopic (exact) mass is 606 g/mol. The van der Waals surface area contributed by atoms with Gasteiger partial charge in [0.05, 0.1) is 6.04 Å². The highest BCUT2D eigenvalue weighted by molar-refractivity contribution is 5.96. The number of carbonyl (C=O) groups excluding carboxylic acids is 2. The first-order chi connectivity index (χ1) is 21.0. The van der Waals surface area contributed by atoms with Gasteiger partial charge in [0.25, 0.3) is 11.8 Å². The third kappa shape index (κ3) is 6.12. The SMILES string of the molecule is Cc1cc(OC(F)(F)F)ccc1C(=O)N(C)C1CCc2ccc(C(=O)N3CCC4(CC3)CCN(c3ccncc3)CC4)cc21. The molecular formula is C34H37F3N4O3. The summed E-state index contributed by atoms with van der Waals surface area (Å²) in [4.78, 5) is 37.3. The number of likely N-dealkylation sites (tertiary alicyclic amines) is 1. The molecule has 0 N–H and O–H groups in total. The van der Waals surface area contributed by atoms with Gasteiger partial charge in [0.2, 0.25) is 0 Å². The van der Waals surface area contributed by atoms with E-state index in [0.717, 1.165) is 75.5 Å². The minimum absolute atomic E-state index is 0.0209. The van der Waals surface area contributed by atoms with E-state index in [1.807, 2.05) is 35.5 Å². The number of fused-ring (bicyclic) bond motifs is 1. The summed E-state index contributed by atoms with van der Waals surface area (Å²) < 4.78 is 41.9. The molecule has 10 heteroatoms. The van der Waals surface area contributed by atoms with Crippen molar-refractivity contribution in [3.8, 4) is 5.75 Å². The molecule has 232 valence electrons. The van der Waals surface area contributed by atoms with Crippen LogP contribution in [0.15, 0.2) is 60.9 Å². The Morgan fingerprint density at radius 3 is 2.30 bits per heavy atom. The summed E-state index contributed by atoms with van der Waals surface area (Å²) in [5.41, 5.74) is 4.90. The third-order valence-electron chi connectivity index (χ3n) is 9.85. The van der Waals surface area contributed by atoms with E-state index in [1.54, 1.807) is 18.9 Å². The zero-order chi connectivity index (χ0) is 31.1. The molecule has 0 saturated carbocycles. The molecule has 44 heavy (non-hydrogen) atoms. The maximum absolute atomic E-state index is 13.7. The zero-order valence-corrected chi connectivity index (χ0v) is 25.1. The van der Waals surface area contributed by atoms with Crippen molar-refractivity contribution >= 4 is 17.5 Å². The first-order valence-corrected chi connectivity index (χ1v) is 15.2. The van der Waals surface area contributed by atoms with Crippen molar-refractivity contribution in [1.82, 2.24) is 14.8 Å². The molecule has 0 bridgehead atoms. The van der Waals surface area contributed by atoms with Crippen molar-refractivity contribution < 1.29 is 27.5 Å². The first kappa shape index (κ1) is 30.0. The Balaban J connectivity index is 1.09. The summed E-state index contributed by atoms with van der Waals surface area (Å²) in [6.45, 7) is 5.10. The normalized spacial score (nSPS) is 19.5. The number of halogens is 3. The number of piperidine rings is 2. The molecule has 2 aliphatic heterocycles. The molecule has 1 atom stereocenters. The summed E-state index contributed by atoms with van der Waals surface area (Å²) >= 11 is 0. The lowest BCUT2D eigenvalue weighted by atomic mass is 9.71. The molecule has 1 unspecified atom stereocenters. The highest BCUT2D eigenvalue weighted by Gasteiger charge is 2.39. The van der Waals surface area contributed by atoms with E-state index < -0.39 is 6.36 Å². The molecule has 6 rings (SSSR count). The van der Waals surface area contributed by atoms with Gasteiger partial charge in [-0.15, -0.1) is 13.2 Å². The second kappa shape index (κ2) is 11.8. The number of anilines is 1. The second-order valence-corrected chi connectivity index (χ2v) is 12.4. The zero-order valence-electron chi connectivity index (χ0n) is 25.1. The third-order valence-corrected chi connectivity index (χ3v) is 9.85. The van der Waals surface area contributed by atoms with Gasteiger partial charge in [-0.2, -0.15) is 0 Å². The number of aryl methyl sites for hydroxylation is 2. The Labute approximate surface area is 255 Å². The number of nitrogens with zero attached hydrogens (tertiary/aromatic N) is 4. The van der Waals surface area contributed by atoms with Gasteiger partial charge in [0, 0.05) is 62.4 Å². The fourth-order valence-electron chi connectivity index (χ4n) is 7.18. The van der Waals surface area contributed by atoms with Gasteiger partial charge in [0.15, 0.2) is 0 Å². The van der Waals surface area contributed by atoms with Crippen molar-refractivity contribution in [2.75, 3.05) is 38.1 Å². The van der Waals surface area contributed by atoms with Crippen molar-refractivity contribution in [1.29, 1.82) is 0 Å². The van der Waals surface area contributed by atoms with Crippen LogP contribution in [-0.4, -0.2) is 66.2 Å². The number of hydrogen-bond acceptors (Lipinski definition) is 5. The fraction of sp³-hybridized carbons (Fsp3) is 0.441. The van der Waals surface area contributed by atoms with Crippen LogP contribution in [0, 0.1) is 12.3 Å². The van der Waals surface area contributed by atoms with Gasteiger partial charge in [0.1, 0.15) is 5.75 Å². The summed E-state index contributed by atoms with van der Waals surface area (Å²) in [5, 5.41) is 0.